The Kier molecular flexibility index (Phi) is 6.00. The number of nitrogens with zero attached hydrogens (tertiary/aromatic N) is 2. The van der Waals surface area contributed by atoms with Gasteiger partial charge in [0, 0.05) is 32.9 Å². The van der Waals surface area contributed by atoms with E-state index < -0.39 is 0 Å². The van der Waals surface area contributed by atoms with Crippen molar-refractivity contribution >= 4 is 5.69 Å². The van der Waals surface area contributed by atoms with Gasteiger partial charge in [-0.1, -0.05) is 20.8 Å². The van der Waals surface area contributed by atoms with Gasteiger partial charge < -0.3 is 15.0 Å². The molecular formula is C17H29N3O. The van der Waals surface area contributed by atoms with Crippen LogP contribution in [0, 0.1) is 11.8 Å². The standard InChI is InChI=1S/C17H29N3O/c1-13(2)9-19-10-15-5-7-18-11-16(15)20-8-6-14(3)17(12-20)21-4/h5,7,11,13-14,17,19H,6,8-10,12H2,1-4H3. The van der Waals surface area contributed by atoms with Crippen LogP contribution in [0.4, 0.5) is 5.69 Å². The van der Waals surface area contributed by atoms with Crippen molar-refractivity contribution in [1.82, 2.24) is 10.3 Å². The molecule has 1 saturated heterocycles. The second kappa shape index (κ2) is 7.76. The van der Waals surface area contributed by atoms with Gasteiger partial charge in [-0.25, -0.2) is 0 Å². The summed E-state index contributed by atoms with van der Waals surface area (Å²) in [4.78, 5) is 6.75. The molecule has 1 aromatic rings. The van der Waals surface area contributed by atoms with Gasteiger partial charge >= 0.3 is 0 Å². The minimum Gasteiger partial charge on any atom is -0.379 e. The lowest BCUT2D eigenvalue weighted by Gasteiger charge is -2.38. The molecule has 0 amide bonds. The number of nitrogens with one attached hydrogen (secondary N) is 1. The van der Waals surface area contributed by atoms with Crippen molar-refractivity contribution in [3.8, 4) is 0 Å². The van der Waals surface area contributed by atoms with Crippen molar-refractivity contribution < 1.29 is 4.74 Å². The summed E-state index contributed by atoms with van der Waals surface area (Å²) in [5.74, 6) is 1.30. The summed E-state index contributed by atoms with van der Waals surface area (Å²) in [5, 5.41) is 3.53. The summed E-state index contributed by atoms with van der Waals surface area (Å²) in [6.45, 7) is 10.7. The van der Waals surface area contributed by atoms with Gasteiger partial charge in [0.25, 0.3) is 0 Å². The SMILES string of the molecule is COC1CN(c2cnccc2CNCC(C)C)CCC1C. The first-order chi connectivity index (χ1) is 10.1. The van der Waals surface area contributed by atoms with Gasteiger partial charge in [0.15, 0.2) is 0 Å². The number of rotatable bonds is 6. The summed E-state index contributed by atoms with van der Waals surface area (Å²) in [5.41, 5.74) is 2.58. The molecule has 2 rings (SSSR count). The van der Waals surface area contributed by atoms with Crippen molar-refractivity contribution in [2.45, 2.75) is 39.8 Å². The molecule has 1 aliphatic rings. The van der Waals surface area contributed by atoms with E-state index in [-0.39, 0.29) is 0 Å². The molecule has 118 valence electrons. The van der Waals surface area contributed by atoms with E-state index in [9.17, 15) is 0 Å². The van der Waals surface area contributed by atoms with E-state index in [1.54, 1.807) is 0 Å². The minimum absolute atomic E-state index is 0.315. The second-order valence-electron chi connectivity index (χ2n) is 6.52. The lowest BCUT2D eigenvalue weighted by molar-refractivity contribution is 0.0498. The molecule has 2 heterocycles. The first kappa shape index (κ1) is 16.2. The Hall–Kier alpha value is -1.13. The summed E-state index contributed by atoms with van der Waals surface area (Å²) < 4.78 is 5.63. The number of piperidine rings is 1. The number of aromatic nitrogens is 1. The largest absolute Gasteiger partial charge is 0.379 e. The molecule has 0 radical (unpaired) electrons. The molecule has 1 aliphatic heterocycles. The van der Waals surface area contributed by atoms with Crippen LogP contribution in [0.25, 0.3) is 0 Å². The van der Waals surface area contributed by atoms with Gasteiger partial charge in [0.1, 0.15) is 0 Å². The third kappa shape index (κ3) is 4.42. The van der Waals surface area contributed by atoms with E-state index in [0.717, 1.165) is 26.2 Å². The van der Waals surface area contributed by atoms with Crippen LogP contribution in [0.5, 0.6) is 0 Å². The van der Waals surface area contributed by atoms with Gasteiger partial charge in [-0.05, 0) is 36.4 Å². The second-order valence-corrected chi connectivity index (χ2v) is 6.52. The first-order valence-corrected chi connectivity index (χ1v) is 8.03. The van der Waals surface area contributed by atoms with E-state index in [4.69, 9.17) is 4.74 Å². The fraction of sp³-hybridized carbons (Fsp3) is 0.706. The third-order valence-corrected chi connectivity index (χ3v) is 4.29. The monoisotopic (exact) mass is 291 g/mol. The predicted molar refractivity (Wildman–Crippen MR) is 87.6 cm³/mol. The summed E-state index contributed by atoms with van der Waals surface area (Å²) in [7, 11) is 1.82. The molecular weight excluding hydrogens is 262 g/mol. The number of anilines is 1. The predicted octanol–water partition coefficient (Wildman–Crippen LogP) is 2.69. The highest BCUT2D eigenvalue weighted by Gasteiger charge is 2.27. The number of hydrogen-bond donors (Lipinski definition) is 1. The highest BCUT2D eigenvalue weighted by atomic mass is 16.5. The van der Waals surface area contributed by atoms with E-state index >= 15 is 0 Å². The lowest BCUT2D eigenvalue weighted by Crippen LogP contribution is -2.44. The Morgan fingerprint density at radius 3 is 3.00 bits per heavy atom. The maximum Gasteiger partial charge on any atom is 0.0772 e. The van der Waals surface area contributed by atoms with Gasteiger partial charge in [0.05, 0.1) is 18.0 Å². The Morgan fingerprint density at radius 2 is 2.29 bits per heavy atom. The molecule has 1 aromatic heterocycles. The molecule has 2 atom stereocenters. The molecule has 0 aromatic carbocycles. The van der Waals surface area contributed by atoms with Gasteiger partial charge in [-0.15, -0.1) is 0 Å². The molecule has 0 bridgehead atoms. The Labute approximate surface area is 128 Å². The van der Waals surface area contributed by atoms with Crippen molar-refractivity contribution in [3.05, 3.63) is 24.0 Å². The summed E-state index contributed by atoms with van der Waals surface area (Å²) in [6.07, 6.45) is 5.37. The third-order valence-electron chi connectivity index (χ3n) is 4.29. The first-order valence-electron chi connectivity index (χ1n) is 8.03. The highest BCUT2D eigenvalue weighted by Crippen LogP contribution is 2.26. The molecule has 4 heteroatoms. The number of pyridine rings is 1. The zero-order valence-corrected chi connectivity index (χ0v) is 13.8. The van der Waals surface area contributed by atoms with Crippen LogP contribution < -0.4 is 10.2 Å². The van der Waals surface area contributed by atoms with Crippen molar-refractivity contribution in [2.75, 3.05) is 31.6 Å². The van der Waals surface area contributed by atoms with Crippen molar-refractivity contribution in [2.24, 2.45) is 11.8 Å². The summed E-state index contributed by atoms with van der Waals surface area (Å²) in [6, 6.07) is 2.13. The molecule has 0 spiro atoms. The van der Waals surface area contributed by atoms with E-state index in [1.165, 1.54) is 17.7 Å². The van der Waals surface area contributed by atoms with Crippen LogP contribution in [0.3, 0.4) is 0 Å². The Balaban J connectivity index is 2.05. The van der Waals surface area contributed by atoms with Crippen LogP contribution in [0.15, 0.2) is 18.5 Å². The number of ether oxygens (including phenoxy) is 1. The maximum atomic E-state index is 5.63. The molecule has 1 N–H and O–H groups in total. The molecule has 4 nitrogen and oxygen atoms in total. The van der Waals surface area contributed by atoms with E-state index in [0.29, 0.717) is 17.9 Å². The molecule has 0 saturated carbocycles. The molecule has 2 unspecified atom stereocenters. The van der Waals surface area contributed by atoms with Gasteiger partial charge in [0.2, 0.25) is 0 Å². The number of hydrogen-bond acceptors (Lipinski definition) is 4. The van der Waals surface area contributed by atoms with Crippen LogP contribution in [0.1, 0.15) is 32.8 Å². The Morgan fingerprint density at radius 1 is 1.48 bits per heavy atom. The smallest absolute Gasteiger partial charge is 0.0772 e. The normalized spacial score (nSPS) is 22.8. The lowest BCUT2D eigenvalue weighted by atomic mass is 9.95. The van der Waals surface area contributed by atoms with Gasteiger partial charge in [-0.2, -0.15) is 0 Å². The zero-order chi connectivity index (χ0) is 15.2. The average Bonchev–Trinajstić information content (AvgIpc) is 2.48. The molecule has 0 aliphatic carbocycles. The highest BCUT2D eigenvalue weighted by molar-refractivity contribution is 5.52. The maximum absolute atomic E-state index is 5.63. The van der Waals surface area contributed by atoms with Gasteiger partial charge in [-0.3, -0.25) is 4.98 Å². The van der Waals surface area contributed by atoms with Crippen LogP contribution in [0.2, 0.25) is 0 Å². The number of methoxy groups -OCH3 is 1. The Bertz CT molecular complexity index is 436. The average molecular weight is 291 g/mol. The zero-order valence-electron chi connectivity index (χ0n) is 13.8. The van der Waals surface area contributed by atoms with Crippen molar-refractivity contribution in [1.29, 1.82) is 0 Å². The fourth-order valence-corrected chi connectivity index (χ4v) is 2.90. The summed E-state index contributed by atoms with van der Waals surface area (Å²) >= 11 is 0. The molecule has 21 heavy (non-hydrogen) atoms. The van der Waals surface area contributed by atoms with Crippen LogP contribution in [-0.2, 0) is 11.3 Å². The van der Waals surface area contributed by atoms with E-state index in [1.807, 2.05) is 19.5 Å². The van der Waals surface area contributed by atoms with E-state index in [2.05, 4.69) is 42.0 Å². The van der Waals surface area contributed by atoms with Crippen molar-refractivity contribution in [3.63, 3.8) is 0 Å². The minimum atomic E-state index is 0.315. The topological polar surface area (TPSA) is 37.4 Å². The van der Waals surface area contributed by atoms with Crippen LogP contribution in [-0.4, -0.2) is 37.8 Å². The quantitative estimate of drug-likeness (QED) is 0.874. The molecule has 1 fully saturated rings. The fourth-order valence-electron chi connectivity index (χ4n) is 2.90. The van der Waals surface area contributed by atoms with Crippen LogP contribution >= 0.6 is 0 Å².